The number of hydrogen-bond acceptors (Lipinski definition) is 4. The number of aryl methyl sites for hydroxylation is 2. The van der Waals surface area contributed by atoms with Gasteiger partial charge in [0.25, 0.3) is 5.91 Å². The van der Waals surface area contributed by atoms with Gasteiger partial charge in [-0.15, -0.1) is 5.10 Å². The summed E-state index contributed by atoms with van der Waals surface area (Å²) in [4.78, 5) is 23.6. The Hall–Kier alpha value is -3.48. The monoisotopic (exact) mass is 346 g/mol. The van der Waals surface area contributed by atoms with Crippen LogP contribution < -0.4 is 5.32 Å². The van der Waals surface area contributed by atoms with Gasteiger partial charge in [0.15, 0.2) is 0 Å². The number of nitrogens with zero attached hydrogens (tertiary/aromatic N) is 3. The zero-order chi connectivity index (χ0) is 17.8. The van der Waals surface area contributed by atoms with Crippen LogP contribution in [0.25, 0.3) is 10.9 Å². The molecule has 0 fully saturated rings. The lowest BCUT2D eigenvalue weighted by molar-refractivity contribution is 0.102. The van der Waals surface area contributed by atoms with Crippen molar-refractivity contribution in [2.24, 2.45) is 0 Å². The van der Waals surface area contributed by atoms with Crippen LogP contribution in [-0.2, 0) is 12.8 Å². The summed E-state index contributed by atoms with van der Waals surface area (Å²) in [6, 6.07) is 11.7. The molecule has 3 aromatic heterocycles. The van der Waals surface area contributed by atoms with E-state index in [4.69, 9.17) is 0 Å². The van der Waals surface area contributed by atoms with Crippen molar-refractivity contribution in [2.45, 2.75) is 19.3 Å². The number of amides is 1. The van der Waals surface area contributed by atoms with Gasteiger partial charge in [0, 0.05) is 35.9 Å². The molecule has 0 bridgehead atoms. The summed E-state index contributed by atoms with van der Waals surface area (Å²) in [5.41, 5.74) is 2.92. The van der Waals surface area contributed by atoms with E-state index in [0.29, 0.717) is 5.56 Å². The molecule has 0 aliphatic carbocycles. The first-order valence-electron chi connectivity index (χ1n) is 8.47. The van der Waals surface area contributed by atoms with Crippen molar-refractivity contribution in [3.05, 3.63) is 71.9 Å². The number of anilines is 1. The first-order valence-corrected chi connectivity index (χ1v) is 8.47. The Bertz CT molecular complexity index is 1020. The van der Waals surface area contributed by atoms with Gasteiger partial charge in [-0.05, 0) is 36.6 Å². The molecule has 26 heavy (non-hydrogen) atoms. The minimum absolute atomic E-state index is 0.276. The number of fused-ring (bicyclic) bond motifs is 1. The highest BCUT2D eigenvalue weighted by Crippen LogP contribution is 2.19. The lowest BCUT2D eigenvalue weighted by Crippen LogP contribution is -2.13. The van der Waals surface area contributed by atoms with E-state index in [-0.39, 0.29) is 11.9 Å². The Labute approximate surface area is 149 Å². The Kier molecular flexibility index (Phi) is 4.42. The van der Waals surface area contributed by atoms with E-state index in [2.05, 4.69) is 48.8 Å². The zero-order valence-corrected chi connectivity index (χ0v) is 14.1. The molecule has 7 nitrogen and oxygen atoms in total. The minimum atomic E-state index is -0.276. The van der Waals surface area contributed by atoms with E-state index in [1.807, 2.05) is 12.1 Å². The van der Waals surface area contributed by atoms with E-state index >= 15 is 0 Å². The molecule has 1 aromatic carbocycles. The smallest absolute Gasteiger partial charge is 0.259 e. The van der Waals surface area contributed by atoms with Crippen molar-refractivity contribution in [1.29, 1.82) is 0 Å². The van der Waals surface area contributed by atoms with Crippen LogP contribution in [0, 0.1) is 0 Å². The quantitative estimate of drug-likeness (QED) is 0.499. The number of carbonyl (C=O) groups excluding carboxylic acids is 1. The minimum Gasteiger partial charge on any atom is -0.361 e. The maximum atomic E-state index is 12.1. The molecule has 3 N–H and O–H groups in total. The Morgan fingerprint density at radius 2 is 2.04 bits per heavy atom. The van der Waals surface area contributed by atoms with Gasteiger partial charge in [-0.2, -0.15) is 4.98 Å². The molecule has 4 rings (SSSR count). The number of para-hydroxylation sites is 1. The topological polar surface area (TPSA) is 99.3 Å². The molecule has 130 valence electrons. The standard InChI is InChI=1S/C19H18N6O/c26-18(14-6-4-10-20-11-14)23-19-22-17(24-25-19)9-3-5-13-12-21-16-8-2-1-7-15(13)16/h1-2,4,6-8,10-12,21H,3,5,9H2,(H2,22,23,24,25,26). The van der Waals surface area contributed by atoms with Gasteiger partial charge >= 0.3 is 0 Å². The summed E-state index contributed by atoms with van der Waals surface area (Å²) in [6.45, 7) is 0. The van der Waals surface area contributed by atoms with Gasteiger partial charge < -0.3 is 4.98 Å². The van der Waals surface area contributed by atoms with Crippen molar-refractivity contribution in [1.82, 2.24) is 25.1 Å². The molecule has 0 aliphatic rings. The van der Waals surface area contributed by atoms with Gasteiger partial charge in [-0.1, -0.05) is 18.2 Å². The predicted octanol–water partition coefficient (Wildman–Crippen LogP) is 3.11. The number of hydrogen-bond donors (Lipinski definition) is 3. The largest absolute Gasteiger partial charge is 0.361 e. The summed E-state index contributed by atoms with van der Waals surface area (Å²) in [7, 11) is 0. The third-order valence-electron chi connectivity index (χ3n) is 4.22. The van der Waals surface area contributed by atoms with Gasteiger partial charge in [-0.25, -0.2) is 0 Å². The lowest BCUT2D eigenvalue weighted by Gasteiger charge is -1.99. The molecule has 0 spiro atoms. The van der Waals surface area contributed by atoms with E-state index in [1.54, 1.807) is 18.3 Å². The highest BCUT2D eigenvalue weighted by Gasteiger charge is 2.10. The number of carbonyl (C=O) groups is 1. The summed E-state index contributed by atoms with van der Waals surface area (Å²) < 4.78 is 0. The highest BCUT2D eigenvalue weighted by atomic mass is 16.1. The van der Waals surface area contributed by atoms with E-state index in [9.17, 15) is 4.79 Å². The third kappa shape index (κ3) is 3.46. The van der Waals surface area contributed by atoms with Crippen LogP contribution in [0.2, 0.25) is 0 Å². The van der Waals surface area contributed by atoms with Crippen LogP contribution in [-0.4, -0.2) is 31.1 Å². The Morgan fingerprint density at radius 3 is 2.92 bits per heavy atom. The molecule has 3 heterocycles. The van der Waals surface area contributed by atoms with Crippen LogP contribution in [0.5, 0.6) is 0 Å². The number of pyridine rings is 1. The molecular formula is C19H18N6O. The molecule has 4 aromatic rings. The molecule has 0 aliphatic heterocycles. The van der Waals surface area contributed by atoms with Crippen molar-refractivity contribution < 1.29 is 4.79 Å². The fourth-order valence-corrected chi connectivity index (χ4v) is 2.92. The van der Waals surface area contributed by atoms with Gasteiger partial charge in [0.2, 0.25) is 5.95 Å². The SMILES string of the molecule is O=C(Nc1n[nH]c(CCCc2c[nH]c3ccccc23)n1)c1cccnc1. The van der Waals surface area contributed by atoms with Crippen LogP contribution in [0.3, 0.4) is 0 Å². The molecule has 1 amide bonds. The van der Waals surface area contributed by atoms with Crippen molar-refractivity contribution >= 4 is 22.8 Å². The summed E-state index contributed by atoms with van der Waals surface area (Å²) in [6.07, 6.45) is 7.83. The number of aromatic nitrogens is 5. The molecule has 0 unspecified atom stereocenters. The van der Waals surface area contributed by atoms with Gasteiger partial charge in [0.05, 0.1) is 5.56 Å². The molecule has 7 heteroatoms. The Morgan fingerprint density at radius 1 is 1.12 bits per heavy atom. The average molecular weight is 346 g/mol. The van der Waals surface area contributed by atoms with E-state index < -0.39 is 0 Å². The predicted molar refractivity (Wildman–Crippen MR) is 98.9 cm³/mol. The molecule has 0 saturated heterocycles. The summed E-state index contributed by atoms with van der Waals surface area (Å²) in [5, 5.41) is 10.9. The number of benzene rings is 1. The second-order valence-corrected chi connectivity index (χ2v) is 6.01. The number of H-pyrrole nitrogens is 2. The van der Waals surface area contributed by atoms with Crippen molar-refractivity contribution in [3.8, 4) is 0 Å². The second kappa shape index (κ2) is 7.18. The van der Waals surface area contributed by atoms with Gasteiger partial charge in [0.1, 0.15) is 5.82 Å². The second-order valence-electron chi connectivity index (χ2n) is 6.01. The van der Waals surface area contributed by atoms with Crippen LogP contribution >= 0.6 is 0 Å². The molecule has 0 atom stereocenters. The van der Waals surface area contributed by atoms with Crippen LogP contribution in [0.1, 0.15) is 28.2 Å². The molecular weight excluding hydrogens is 328 g/mol. The molecule has 0 saturated carbocycles. The maximum absolute atomic E-state index is 12.1. The fourth-order valence-electron chi connectivity index (χ4n) is 2.92. The highest BCUT2D eigenvalue weighted by molar-refractivity contribution is 6.03. The first kappa shape index (κ1) is 16.0. The number of aromatic amines is 2. The summed E-state index contributed by atoms with van der Waals surface area (Å²) in [5.74, 6) is 0.759. The Balaban J connectivity index is 1.33. The summed E-state index contributed by atoms with van der Waals surface area (Å²) >= 11 is 0. The zero-order valence-electron chi connectivity index (χ0n) is 14.1. The van der Waals surface area contributed by atoms with Crippen LogP contribution in [0.15, 0.2) is 55.0 Å². The first-order chi connectivity index (χ1) is 12.8. The van der Waals surface area contributed by atoms with E-state index in [1.165, 1.54) is 17.1 Å². The van der Waals surface area contributed by atoms with Crippen molar-refractivity contribution in [2.75, 3.05) is 5.32 Å². The molecule has 0 radical (unpaired) electrons. The fraction of sp³-hybridized carbons (Fsp3) is 0.158. The average Bonchev–Trinajstić information content (AvgIpc) is 3.30. The van der Waals surface area contributed by atoms with Gasteiger partial charge in [-0.3, -0.25) is 20.2 Å². The van der Waals surface area contributed by atoms with Crippen LogP contribution in [0.4, 0.5) is 5.95 Å². The van der Waals surface area contributed by atoms with E-state index in [0.717, 1.165) is 30.6 Å². The van der Waals surface area contributed by atoms with Crippen molar-refractivity contribution in [3.63, 3.8) is 0 Å². The maximum Gasteiger partial charge on any atom is 0.259 e. The third-order valence-corrected chi connectivity index (χ3v) is 4.22. The number of rotatable bonds is 6. The normalized spacial score (nSPS) is 10.9. The lowest BCUT2D eigenvalue weighted by atomic mass is 10.1. The number of nitrogens with one attached hydrogen (secondary N) is 3.